The Balaban J connectivity index is 1.67. The standard InChI is InChI=1S/C21H16O8/c1-10(22)28-13-4-3-11(5-15(13)24-2)19-12-6-16-17(27-9-26-16)7-14(12)29-18-8-25-21(23)20(18)19/h3-7,19H,8-9H2,1-2H3/t19-/m1/s1. The van der Waals surface area contributed by atoms with Crippen LogP contribution in [0.2, 0.25) is 0 Å². The second kappa shape index (κ2) is 6.44. The lowest BCUT2D eigenvalue weighted by Crippen LogP contribution is -2.18. The van der Waals surface area contributed by atoms with Crippen molar-refractivity contribution in [3.05, 3.63) is 52.8 Å². The Kier molecular flexibility index (Phi) is 3.87. The third-order valence-corrected chi connectivity index (χ3v) is 4.97. The van der Waals surface area contributed by atoms with E-state index in [0.29, 0.717) is 40.1 Å². The molecule has 8 heteroatoms. The molecule has 0 spiro atoms. The average molecular weight is 396 g/mol. The number of benzene rings is 2. The highest BCUT2D eigenvalue weighted by Gasteiger charge is 2.41. The van der Waals surface area contributed by atoms with Crippen LogP contribution in [0.1, 0.15) is 24.0 Å². The molecule has 0 saturated carbocycles. The molecular formula is C21H16O8. The van der Waals surface area contributed by atoms with Crippen LogP contribution in [0.4, 0.5) is 0 Å². The third-order valence-electron chi connectivity index (χ3n) is 4.97. The molecule has 2 aromatic rings. The third kappa shape index (κ3) is 2.75. The van der Waals surface area contributed by atoms with E-state index in [1.165, 1.54) is 14.0 Å². The summed E-state index contributed by atoms with van der Waals surface area (Å²) in [7, 11) is 1.48. The summed E-state index contributed by atoms with van der Waals surface area (Å²) in [5.41, 5.74) is 1.93. The Labute approximate surface area is 165 Å². The van der Waals surface area contributed by atoms with Crippen molar-refractivity contribution in [3.63, 3.8) is 0 Å². The highest BCUT2D eigenvalue weighted by atomic mass is 16.7. The van der Waals surface area contributed by atoms with Gasteiger partial charge in [-0.3, -0.25) is 4.79 Å². The van der Waals surface area contributed by atoms with Gasteiger partial charge in [0.25, 0.3) is 0 Å². The van der Waals surface area contributed by atoms with Gasteiger partial charge in [-0.2, -0.15) is 0 Å². The first kappa shape index (κ1) is 17.4. The van der Waals surface area contributed by atoms with Crippen LogP contribution in [-0.4, -0.2) is 32.4 Å². The fourth-order valence-electron chi connectivity index (χ4n) is 3.75. The van der Waals surface area contributed by atoms with Gasteiger partial charge in [-0.25, -0.2) is 4.79 Å². The Morgan fingerprint density at radius 3 is 2.59 bits per heavy atom. The maximum absolute atomic E-state index is 12.5. The molecule has 0 saturated heterocycles. The summed E-state index contributed by atoms with van der Waals surface area (Å²) in [6.07, 6.45) is 0. The number of hydrogen-bond acceptors (Lipinski definition) is 8. The fourth-order valence-corrected chi connectivity index (χ4v) is 3.75. The molecule has 3 aliphatic rings. The zero-order chi connectivity index (χ0) is 20.1. The summed E-state index contributed by atoms with van der Waals surface area (Å²) in [6, 6.07) is 8.71. The number of hydrogen-bond donors (Lipinski definition) is 0. The van der Waals surface area contributed by atoms with Gasteiger partial charge in [0.15, 0.2) is 28.8 Å². The van der Waals surface area contributed by atoms with Crippen LogP contribution in [0.3, 0.4) is 0 Å². The van der Waals surface area contributed by atoms with Crippen molar-refractivity contribution in [1.82, 2.24) is 0 Å². The lowest BCUT2D eigenvalue weighted by molar-refractivity contribution is -0.136. The summed E-state index contributed by atoms with van der Waals surface area (Å²) >= 11 is 0. The second-order valence-electron chi connectivity index (χ2n) is 6.70. The number of carbonyl (C=O) groups is 2. The summed E-state index contributed by atoms with van der Waals surface area (Å²) in [6.45, 7) is 1.51. The van der Waals surface area contributed by atoms with Crippen molar-refractivity contribution in [2.24, 2.45) is 0 Å². The molecule has 2 aromatic carbocycles. The molecule has 0 N–H and O–H groups in total. The lowest BCUT2D eigenvalue weighted by atomic mass is 9.82. The van der Waals surface area contributed by atoms with E-state index in [4.69, 9.17) is 28.4 Å². The molecule has 8 nitrogen and oxygen atoms in total. The van der Waals surface area contributed by atoms with Crippen LogP contribution in [0, 0.1) is 0 Å². The molecule has 3 aliphatic heterocycles. The van der Waals surface area contributed by atoms with E-state index >= 15 is 0 Å². The van der Waals surface area contributed by atoms with Crippen LogP contribution in [0.5, 0.6) is 28.7 Å². The topological polar surface area (TPSA) is 89.5 Å². The van der Waals surface area contributed by atoms with E-state index in [-0.39, 0.29) is 13.4 Å². The predicted molar refractivity (Wildman–Crippen MR) is 97.3 cm³/mol. The monoisotopic (exact) mass is 396 g/mol. The minimum Gasteiger partial charge on any atom is -0.493 e. The van der Waals surface area contributed by atoms with E-state index in [1.54, 1.807) is 24.3 Å². The number of rotatable bonds is 3. The van der Waals surface area contributed by atoms with Crippen LogP contribution >= 0.6 is 0 Å². The number of ether oxygens (including phenoxy) is 6. The van der Waals surface area contributed by atoms with E-state index < -0.39 is 17.9 Å². The smallest absolute Gasteiger partial charge is 0.339 e. The highest BCUT2D eigenvalue weighted by molar-refractivity contribution is 5.95. The Hall–Kier alpha value is -3.68. The van der Waals surface area contributed by atoms with Gasteiger partial charge in [-0.1, -0.05) is 6.07 Å². The zero-order valence-electron chi connectivity index (χ0n) is 15.6. The summed E-state index contributed by atoms with van der Waals surface area (Å²) in [5.74, 6) is 1.52. The molecule has 29 heavy (non-hydrogen) atoms. The lowest BCUT2D eigenvalue weighted by Gasteiger charge is -2.26. The molecule has 0 aromatic heterocycles. The van der Waals surface area contributed by atoms with Gasteiger partial charge in [0.05, 0.1) is 12.7 Å². The van der Waals surface area contributed by atoms with E-state index in [1.807, 2.05) is 6.07 Å². The van der Waals surface area contributed by atoms with E-state index in [9.17, 15) is 9.59 Å². The molecule has 0 fully saturated rings. The molecule has 0 amide bonds. The normalized spacial score (nSPS) is 18.6. The fraction of sp³-hybridized carbons (Fsp3) is 0.238. The molecule has 5 rings (SSSR count). The van der Waals surface area contributed by atoms with Gasteiger partial charge in [0.1, 0.15) is 12.4 Å². The average Bonchev–Trinajstić information content (AvgIpc) is 3.31. The quantitative estimate of drug-likeness (QED) is 0.578. The van der Waals surface area contributed by atoms with Crippen molar-refractivity contribution in [2.45, 2.75) is 12.8 Å². The van der Waals surface area contributed by atoms with Crippen molar-refractivity contribution in [1.29, 1.82) is 0 Å². The van der Waals surface area contributed by atoms with Gasteiger partial charge in [0, 0.05) is 24.5 Å². The minimum absolute atomic E-state index is 0.0706. The first-order chi connectivity index (χ1) is 14.0. The SMILES string of the molecule is COc1cc([C@H]2C3=C(COC3=O)Oc3cc4c(cc32)OCO4)ccc1OC(C)=O. The molecule has 0 radical (unpaired) electrons. The van der Waals surface area contributed by atoms with Crippen molar-refractivity contribution in [3.8, 4) is 28.7 Å². The number of methoxy groups -OCH3 is 1. The van der Waals surface area contributed by atoms with Crippen molar-refractivity contribution < 1.29 is 38.0 Å². The largest absolute Gasteiger partial charge is 0.493 e. The van der Waals surface area contributed by atoms with E-state index in [2.05, 4.69) is 0 Å². The molecular weight excluding hydrogens is 380 g/mol. The Morgan fingerprint density at radius 2 is 1.83 bits per heavy atom. The molecule has 1 atom stereocenters. The number of cyclic esters (lactones) is 1. The maximum atomic E-state index is 12.5. The van der Waals surface area contributed by atoms with Crippen molar-refractivity contribution in [2.75, 3.05) is 20.5 Å². The van der Waals surface area contributed by atoms with Gasteiger partial charge >= 0.3 is 11.9 Å². The first-order valence-electron chi connectivity index (χ1n) is 8.93. The number of fused-ring (bicyclic) bond motifs is 2. The summed E-state index contributed by atoms with van der Waals surface area (Å²) < 4.78 is 32.7. The Morgan fingerprint density at radius 1 is 1.03 bits per heavy atom. The number of esters is 2. The molecule has 3 heterocycles. The molecule has 0 bridgehead atoms. The highest BCUT2D eigenvalue weighted by Crippen LogP contribution is 2.50. The van der Waals surface area contributed by atoms with Crippen molar-refractivity contribution >= 4 is 11.9 Å². The van der Waals surface area contributed by atoms with Gasteiger partial charge in [-0.05, 0) is 23.8 Å². The number of carbonyl (C=O) groups excluding carboxylic acids is 2. The second-order valence-corrected chi connectivity index (χ2v) is 6.70. The van der Waals surface area contributed by atoms with Crippen LogP contribution < -0.4 is 23.7 Å². The predicted octanol–water partition coefficient (Wildman–Crippen LogP) is 2.68. The maximum Gasteiger partial charge on any atom is 0.339 e. The van der Waals surface area contributed by atoms with Crippen LogP contribution in [0.15, 0.2) is 41.7 Å². The molecule has 148 valence electrons. The molecule has 0 unspecified atom stereocenters. The zero-order valence-corrected chi connectivity index (χ0v) is 15.6. The summed E-state index contributed by atoms with van der Waals surface area (Å²) in [4.78, 5) is 23.8. The first-order valence-corrected chi connectivity index (χ1v) is 8.93. The Bertz CT molecular complexity index is 1080. The van der Waals surface area contributed by atoms with Gasteiger partial charge < -0.3 is 28.4 Å². The summed E-state index contributed by atoms with van der Waals surface area (Å²) in [5, 5.41) is 0. The minimum atomic E-state index is -0.460. The van der Waals surface area contributed by atoms with Crippen LogP contribution in [-0.2, 0) is 14.3 Å². The molecule has 0 aliphatic carbocycles. The van der Waals surface area contributed by atoms with E-state index in [0.717, 1.165) is 11.1 Å². The van der Waals surface area contributed by atoms with Gasteiger partial charge in [0.2, 0.25) is 6.79 Å². The van der Waals surface area contributed by atoms with Gasteiger partial charge in [-0.15, -0.1) is 0 Å². The van der Waals surface area contributed by atoms with Crippen LogP contribution in [0.25, 0.3) is 0 Å².